The zero-order chi connectivity index (χ0) is 33.2. The van der Waals surface area contributed by atoms with Crippen LogP contribution in [-0.2, 0) is 32.9 Å². The molecule has 246 valence electrons. The third-order valence-corrected chi connectivity index (χ3v) is 8.97. The van der Waals surface area contributed by atoms with Crippen LogP contribution in [0.1, 0.15) is 34.6 Å². The van der Waals surface area contributed by atoms with Gasteiger partial charge in [-0.25, -0.2) is 13.3 Å². The Bertz CT molecular complexity index is 1440. The van der Waals surface area contributed by atoms with Crippen LogP contribution in [0, 0.1) is 5.82 Å². The van der Waals surface area contributed by atoms with Crippen LogP contribution in [0.2, 0.25) is 0 Å². The number of methoxy groups -OCH3 is 1. The zero-order valence-corrected chi connectivity index (χ0v) is 26.6. The van der Waals surface area contributed by atoms with Gasteiger partial charge in [0.05, 0.1) is 12.7 Å². The van der Waals surface area contributed by atoms with Crippen LogP contribution in [0.15, 0.2) is 60.8 Å². The number of ether oxygens (including phenoxy) is 3. The minimum Gasteiger partial charge on any atom is -0.462 e. The normalized spacial score (nSPS) is 28.4. The van der Waals surface area contributed by atoms with Gasteiger partial charge in [0, 0.05) is 26.3 Å². The van der Waals surface area contributed by atoms with Crippen molar-refractivity contribution < 1.29 is 51.3 Å². The lowest BCUT2D eigenvalue weighted by atomic mass is 9.97. The molecule has 1 fully saturated rings. The average molecular weight is 654 g/mol. The Hall–Kier alpha value is -3.39. The monoisotopic (exact) mass is 653 g/mol. The summed E-state index contributed by atoms with van der Waals surface area (Å²) >= 11 is 0. The quantitative estimate of drug-likeness (QED) is 0.226. The molecule has 7 atom stereocenters. The topological polar surface area (TPSA) is 145 Å². The molecule has 3 N–H and O–H groups in total. The summed E-state index contributed by atoms with van der Waals surface area (Å²) in [5.74, 6) is -3.00. The second-order valence-electron chi connectivity index (χ2n) is 11.3. The van der Waals surface area contributed by atoms with Crippen molar-refractivity contribution in [3.8, 4) is 16.9 Å². The van der Waals surface area contributed by atoms with Crippen molar-refractivity contribution in [1.29, 1.82) is 0 Å². The van der Waals surface area contributed by atoms with Crippen molar-refractivity contribution >= 4 is 19.6 Å². The highest BCUT2D eigenvalue weighted by atomic mass is 31.2. The SMILES string of the molecule is COC1(C)NC(=O)C=CN1[C@@H]1O[C@H](COP(=O)(N[C@@H](C)C(=O)OC(C)C)Oc2ccc(-c3ccc(F)cc3)cc2)[C@@H](O)[C@@]1(C)F. The van der Waals surface area contributed by atoms with Gasteiger partial charge in [-0.15, -0.1) is 0 Å². The number of hydrogen-bond donors (Lipinski definition) is 3. The maximum Gasteiger partial charge on any atom is 0.459 e. The van der Waals surface area contributed by atoms with Gasteiger partial charge in [-0.3, -0.25) is 14.1 Å². The highest BCUT2D eigenvalue weighted by molar-refractivity contribution is 7.52. The van der Waals surface area contributed by atoms with Gasteiger partial charge in [-0.05, 0) is 63.1 Å². The Morgan fingerprint density at radius 1 is 1.13 bits per heavy atom. The van der Waals surface area contributed by atoms with Crippen molar-refractivity contribution in [3.05, 3.63) is 66.6 Å². The second-order valence-corrected chi connectivity index (χ2v) is 13.0. The molecule has 2 heterocycles. The fourth-order valence-electron chi connectivity index (χ4n) is 4.81. The van der Waals surface area contributed by atoms with E-state index in [1.165, 1.54) is 56.3 Å². The molecule has 1 saturated heterocycles. The van der Waals surface area contributed by atoms with Crippen molar-refractivity contribution in [2.45, 2.75) is 76.7 Å². The number of aliphatic hydroxyl groups is 1. The summed E-state index contributed by atoms with van der Waals surface area (Å²) in [5, 5.41) is 16.0. The van der Waals surface area contributed by atoms with Gasteiger partial charge < -0.3 is 34.1 Å². The van der Waals surface area contributed by atoms with Crippen LogP contribution >= 0.6 is 7.75 Å². The van der Waals surface area contributed by atoms with E-state index >= 15 is 4.39 Å². The Morgan fingerprint density at radius 3 is 2.31 bits per heavy atom. The number of alkyl halides is 1. The van der Waals surface area contributed by atoms with E-state index in [0.717, 1.165) is 24.1 Å². The number of aliphatic hydroxyl groups excluding tert-OH is 1. The Kier molecular flexibility index (Phi) is 10.4. The minimum atomic E-state index is -4.42. The highest BCUT2D eigenvalue weighted by Crippen LogP contribution is 2.47. The number of hydrogen-bond acceptors (Lipinski definition) is 10. The number of rotatable bonds is 12. The first-order valence-corrected chi connectivity index (χ1v) is 15.8. The molecule has 12 nitrogen and oxygen atoms in total. The van der Waals surface area contributed by atoms with Crippen LogP contribution in [-0.4, -0.2) is 77.7 Å². The van der Waals surface area contributed by atoms with Gasteiger partial charge in [0.2, 0.25) is 11.8 Å². The van der Waals surface area contributed by atoms with E-state index in [9.17, 15) is 23.7 Å². The largest absolute Gasteiger partial charge is 0.462 e. The lowest BCUT2D eigenvalue weighted by Crippen LogP contribution is -2.66. The van der Waals surface area contributed by atoms with Crippen LogP contribution in [0.5, 0.6) is 5.75 Å². The van der Waals surface area contributed by atoms with E-state index in [1.54, 1.807) is 38.1 Å². The Balaban J connectivity index is 1.54. The zero-order valence-electron chi connectivity index (χ0n) is 25.7. The molecule has 0 saturated carbocycles. The molecular weight excluding hydrogens is 615 g/mol. The number of nitrogens with one attached hydrogen (secondary N) is 2. The molecule has 2 aromatic rings. The fraction of sp³-hybridized carbons (Fsp3) is 0.467. The van der Waals surface area contributed by atoms with Crippen LogP contribution in [0.4, 0.5) is 8.78 Å². The number of benzene rings is 2. The third kappa shape index (κ3) is 7.89. The first-order chi connectivity index (χ1) is 21.1. The van der Waals surface area contributed by atoms with E-state index in [-0.39, 0.29) is 11.6 Å². The van der Waals surface area contributed by atoms with Gasteiger partial charge in [-0.2, -0.15) is 5.09 Å². The van der Waals surface area contributed by atoms with Crippen LogP contribution in [0.25, 0.3) is 11.1 Å². The summed E-state index contributed by atoms with van der Waals surface area (Å²) in [6.45, 7) is 6.68. The van der Waals surface area contributed by atoms with Gasteiger partial charge in [-0.1, -0.05) is 24.3 Å². The van der Waals surface area contributed by atoms with Crippen molar-refractivity contribution in [1.82, 2.24) is 15.3 Å². The number of halogens is 2. The first kappa shape index (κ1) is 34.5. The minimum absolute atomic E-state index is 0.0901. The first-order valence-electron chi connectivity index (χ1n) is 14.2. The standard InChI is InChI=1S/C30H38F2N3O9P/c1-18(2)42-27(38)19(3)34-45(39,44-23-13-9-21(10-14-23)20-7-11-22(31)12-8-20)41-17-24-26(37)29(4,32)28(43-24)35-16-15-25(36)33-30(35,5)40-6/h7-16,18-19,24,26,28,37H,17H2,1-6H3,(H,33,36)(H,34,39)/t19-,24+,26+,28+,29+,30?,45?/m0/s1. The van der Waals surface area contributed by atoms with E-state index in [1.807, 2.05) is 0 Å². The van der Waals surface area contributed by atoms with Crippen LogP contribution < -0.4 is 14.9 Å². The molecule has 0 bridgehead atoms. The molecule has 0 spiro atoms. The second kappa shape index (κ2) is 13.5. The molecule has 0 aliphatic carbocycles. The number of esters is 1. The molecule has 4 rings (SSSR count). The summed E-state index contributed by atoms with van der Waals surface area (Å²) in [6, 6.07) is 11.0. The van der Waals surface area contributed by atoms with E-state index in [0.29, 0.717) is 0 Å². The number of amides is 1. The summed E-state index contributed by atoms with van der Waals surface area (Å²) in [7, 11) is -3.11. The Morgan fingerprint density at radius 2 is 1.73 bits per heavy atom. The van der Waals surface area contributed by atoms with Gasteiger partial charge in [0.25, 0.3) is 0 Å². The fourth-order valence-corrected chi connectivity index (χ4v) is 6.31. The number of nitrogens with zero attached hydrogens (tertiary/aromatic N) is 1. The summed E-state index contributed by atoms with van der Waals surface area (Å²) in [4.78, 5) is 25.7. The molecule has 2 aliphatic rings. The van der Waals surface area contributed by atoms with Gasteiger partial charge in [0.1, 0.15) is 29.8 Å². The molecule has 2 aromatic carbocycles. The van der Waals surface area contributed by atoms with E-state index < -0.39 is 68.3 Å². The van der Waals surface area contributed by atoms with E-state index in [2.05, 4.69) is 10.4 Å². The highest BCUT2D eigenvalue weighted by Gasteiger charge is 2.59. The van der Waals surface area contributed by atoms with E-state index in [4.69, 9.17) is 23.3 Å². The lowest BCUT2D eigenvalue weighted by Gasteiger charge is -2.46. The average Bonchev–Trinajstić information content (AvgIpc) is 3.20. The molecule has 2 aliphatic heterocycles. The predicted octanol–water partition coefficient (Wildman–Crippen LogP) is 4.01. The predicted molar refractivity (Wildman–Crippen MR) is 159 cm³/mol. The molecule has 1 amide bonds. The summed E-state index contributed by atoms with van der Waals surface area (Å²) < 4.78 is 71.2. The van der Waals surface area contributed by atoms with Crippen LogP contribution in [0.3, 0.4) is 0 Å². The maximum absolute atomic E-state index is 16.0. The molecular formula is C30H38F2N3O9P. The number of carbonyl (C=O) groups is 2. The molecule has 2 unspecified atom stereocenters. The smallest absolute Gasteiger partial charge is 0.459 e. The summed E-state index contributed by atoms with van der Waals surface area (Å²) in [6.07, 6.45) is -2.62. The molecule has 45 heavy (non-hydrogen) atoms. The third-order valence-electron chi connectivity index (χ3n) is 7.32. The van der Waals surface area contributed by atoms with Crippen molar-refractivity contribution in [3.63, 3.8) is 0 Å². The Labute approximate surface area is 260 Å². The summed E-state index contributed by atoms with van der Waals surface area (Å²) in [5.41, 5.74) is -0.959. The maximum atomic E-state index is 16.0. The van der Waals surface area contributed by atoms with Gasteiger partial charge in [0.15, 0.2) is 11.9 Å². The molecule has 0 radical (unpaired) electrons. The number of carbonyl (C=O) groups excluding carboxylic acids is 2. The van der Waals surface area contributed by atoms with Gasteiger partial charge >= 0.3 is 13.7 Å². The lowest BCUT2D eigenvalue weighted by molar-refractivity contribution is -0.213. The van der Waals surface area contributed by atoms with Crippen molar-refractivity contribution in [2.75, 3.05) is 13.7 Å². The molecule has 0 aromatic heterocycles. The van der Waals surface area contributed by atoms with Crippen molar-refractivity contribution in [2.24, 2.45) is 0 Å². The molecule has 15 heteroatoms.